The SMILES string of the molecule is O=c1c(CN2CCCC2)ccc2n1C[C@H]1C[C@@H]2CN(Cc2[nH]nc3ccccc23)C1. The van der Waals surface area contributed by atoms with Crippen molar-refractivity contribution in [3.63, 3.8) is 0 Å². The van der Waals surface area contributed by atoms with Gasteiger partial charge < -0.3 is 4.57 Å². The average Bonchev–Trinajstić information content (AvgIpc) is 3.41. The van der Waals surface area contributed by atoms with Gasteiger partial charge in [0.05, 0.1) is 11.2 Å². The molecule has 0 radical (unpaired) electrons. The molecule has 2 bridgehead atoms. The van der Waals surface area contributed by atoms with Gasteiger partial charge in [-0.1, -0.05) is 24.3 Å². The normalized spacial score (nSPS) is 24.4. The van der Waals surface area contributed by atoms with Gasteiger partial charge in [-0.2, -0.15) is 5.10 Å². The Morgan fingerprint density at radius 2 is 1.83 bits per heavy atom. The van der Waals surface area contributed by atoms with Crippen molar-refractivity contribution in [2.45, 2.75) is 44.8 Å². The molecule has 1 aromatic carbocycles. The standard InChI is InChI=1S/C24H29N5O/c30-24-18(14-27-9-3-4-10-27)7-8-23-19-11-17(13-29(23)24)12-28(15-19)16-22-20-5-1-2-6-21(20)25-26-22/h1-2,5-8,17,19H,3-4,9-16H2,(H,25,26)/t17-,19+/m0/s1. The predicted molar refractivity (Wildman–Crippen MR) is 117 cm³/mol. The van der Waals surface area contributed by atoms with Crippen molar-refractivity contribution in [3.8, 4) is 0 Å². The molecule has 6 heteroatoms. The Kier molecular flexibility index (Phi) is 4.50. The maximum absolute atomic E-state index is 13.2. The van der Waals surface area contributed by atoms with Gasteiger partial charge in [-0.05, 0) is 50.4 Å². The van der Waals surface area contributed by atoms with E-state index in [1.807, 2.05) is 6.07 Å². The van der Waals surface area contributed by atoms with Crippen molar-refractivity contribution in [1.82, 2.24) is 24.6 Å². The Morgan fingerprint density at radius 3 is 2.73 bits per heavy atom. The largest absolute Gasteiger partial charge is 0.312 e. The first-order valence-electron chi connectivity index (χ1n) is 11.3. The molecular weight excluding hydrogens is 374 g/mol. The number of fused-ring (bicyclic) bond motifs is 5. The van der Waals surface area contributed by atoms with Crippen LogP contribution in [0.4, 0.5) is 0 Å². The van der Waals surface area contributed by atoms with Gasteiger partial charge in [0.2, 0.25) is 0 Å². The molecule has 0 spiro atoms. The number of aromatic amines is 1. The molecule has 3 aromatic rings. The molecule has 6 nitrogen and oxygen atoms in total. The lowest BCUT2D eigenvalue weighted by Crippen LogP contribution is -2.47. The number of aromatic nitrogens is 3. The van der Waals surface area contributed by atoms with E-state index in [-0.39, 0.29) is 5.56 Å². The van der Waals surface area contributed by atoms with E-state index in [0.29, 0.717) is 11.8 Å². The highest BCUT2D eigenvalue weighted by Crippen LogP contribution is 2.36. The number of likely N-dealkylation sites (tertiary alicyclic amines) is 2. The van der Waals surface area contributed by atoms with Crippen LogP contribution in [-0.2, 0) is 19.6 Å². The summed E-state index contributed by atoms with van der Waals surface area (Å²) in [7, 11) is 0. The molecule has 0 unspecified atom stereocenters. The maximum atomic E-state index is 13.2. The Hall–Kier alpha value is -2.44. The molecule has 3 aliphatic rings. The summed E-state index contributed by atoms with van der Waals surface area (Å²) >= 11 is 0. The number of benzene rings is 1. The van der Waals surface area contributed by atoms with Gasteiger partial charge in [0.15, 0.2) is 0 Å². The van der Waals surface area contributed by atoms with Crippen molar-refractivity contribution >= 4 is 10.9 Å². The van der Waals surface area contributed by atoms with Crippen LogP contribution < -0.4 is 5.56 Å². The van der Waals surface area contributed by atoms with Crippen molar-refractivity contribution in [2.75, 3.05) is 26.2 Å². The molecule has 156 valence electrons. The minimum absolute atomic E-state index is 0.252. The molecule has 30 heavy (non-hydrogen) atoms. The van der Waals surface area contributed by atoms with Gasteiger partial charge in [-0.25, -0.2) is 0 Å². The van der Waals surface area contributed by atoms with Crippen LogP contribution >= 0.6 is 0 Å². The molecule has 0 saturated carbocycles. The second kappa shape index (κ2) is 7.36. The van der Waals surface area contributed by atoms with E-state index in [1.165, 1.54) is 36.0 Å². The topological polar surface area (TPSA) is 57.2 Å². The Bertz CT molecular complexity index is 1130. The summed E-state index contributed by atoms with van der Waals surface area (Å²) in [5.74, 6) is 0.991. The average molecular weight is 404 g/mol. The van der Waals surface area contributed by atoms with Crippen LogP contribution in [0.5, 0.6) is 0 Å². The van der Waals surface area contributed by atoms with Crippen LogP contribution in [-0.4, -0.2) is 50.7 Å². The first kappa shape index (κ1) is 18.3. The molecule has 2 aromatic heterocycles. The number of H-pyrrole nitrogens is 1. The summed E-state index contributed by atoms with van der Waals surface area (Å²) in [4.78, 5) is 18.2. The fourth-order valence-corrected chi connectivity index (χ4v) is 5.88. The molecular formula is C24H29N5O. The summed E-state index contributed by atoms with van der Waals surface area (Å²) in [5, 5.41) is 8.92. The highest BCUT2D eigenvalue weighted by Gasteiger charge is 2.35. The fraction of sp³-hybridized carbons (Fsp3) is 0.500. The molecule has 1 N–H and O–H groups in total. The zero-order valence-corrected chi connectivity index (χ0v) is 17.4. The van der Waals surface area contributed by atoms with E-state index in [4.69, 9.17) is 0 Å². The Balaban J connectivity index is 1.23. The fourth-order valence-electron chi connectivity index (χ4n) is 5.88. The minimum Gasteiger partial charge on any atom is -0.312 e. The quantitative estimate of drug-likeness (QED) is 0.728. The second-order valence-corrected chi connectivity index (χ2v) is 9.39. The van der Waals surface area contributed by atoms with E-state index < -0.39 is 0 Å². The van der Waals surface area contributed by atoms with Gasteiger partial charge in [-0.15, -0.1) is 0 Å². The summed E-state index contributed by atoms with van der Waals surface area (Å²) in [6, 6.07) is 12.7. The lowest BCUT2D eigenvalue weighted by Gasteiger charge is -2.42. The highest BCUT2D eigenvalue weighted by atomic mass is 16.1. The number of nitrogens with one attached hydrogen (secondary N) is 1. The van der Waals surface area contributed by atoms with Crippen molar-refractivity contribution < 1.29 is 0 Å². The van der Waals surface area contributed by atoms with Crippen molar-refractivity contribution in [1.29, 1.82) is 0 Å². The zero-order valence-electron chi connectivity index (χ0n) is 17.4. The highest BCUT2D eigenvalue weighted by molar-refractivity contribution is 5.81. The molecule has 6 rings (SSSR count). The van der Waals surface area contributed by atoms with Crippen LogP contribution in [0, 0.1) is 5.92 Å². The monoisotopic (exact) mass is 403 g/mol. The van der Waals surface area contributed by atoms with Gasteiger partial charge in [0, 0.05) is 55.3 Å². The third kappa shape index (κ3) is 3.19. The summed E-state index contributed by atoms with van der Waals surface area (Å²) < 4.78 is 2.10. The van der Waals surface area contributed by atoms with Gasteiger partial charge in [0.1, 0.15) is 0 Å². The van der Waals surface area contributed by atoms with Crippen LogP contribution in [0.3, 0.4) is 0 Å². The van der Waals surface area contributed by atoms with Crippen LogP contribution in [0.1, 0.15) is 42.1 Å². The molecule has 0 amide bonds. The third-order valence-electron chi connectivity index (χ3n) is 7.27. The van der Waals surface area contributed by atoms with Gasteiger partial charge in [0.25, 0.3) is 5.56 Å². The van der Waals surface area contributed by atoms with Gasteiger partial charge in [-0.3, -0.25) is 19.7 Å². The number of para-hydroxylation sites is 1. The first-order chi connectivity index (χ1) is 14.7. The molecule has 5 heterocycles. The molecule has 2 fully saturated rings. The second-order valence-electron chi connectivity index (χ2n) is 9.39. The van der Waals surface area contributed by atoms with Crippen LogP contribution in [0.2, 0.25) is 0 Å². The third-order valence-corrected chi connectivity index (χ3v) is 7.27. The molecule has 3 aliphatic heterocycles. The molecule has 2 atom stereocenters. The maximum Gasteiger partial charge on any atom is 0.255 e. The number of piperidine rings is 1. The minimum atomic E-state index is 0.252. The van der Waals surface area contributed by atoms with Crippen molar-refractivity contribution in [3.05, 3.63) is 63.7 Å². The number of rotatable bonds is 4. The van der Waals surface area contributed by atoms with E-state index in [1.54, 1.807) is 0 Å². The number of nitrogens with zero attached hydrogens (tertiary/aromatic N) is 4. The number of hydrogen-bond donors (Lipinski definition) is 1. The predicted octanol–water partition coefficient (Wildman–Crippen LogP) is 2.94. The van der Waals surface area contributed by atoms with E-state index >= 15 is 0 Å². The van der Waals surface area contributed by atoms with Crippen LogP contribution in [0.25, 0.3) is 10.9 Å². The van der Waals surface area contributed by atoms with E-state index in [2.05, 4.69) is 54.9 Å². The lowest BCUT2D eigenvalue weighted by molar-refractivity contribution is 0.113. The smallest absolute Gasteiger partial charge is 0.255 e. The van der Waals surface area contributed by atoms with Crippen LogP contribution in [0.15, 0.2) is 41.2 Å². The van der Waals surface area contributed by atoms with E-state index in [0.717, 1.165) is 56.9 Å². The molecule has 2 saturated heterocycles. The van der Waals surface area contributed by atoms with Gasteiger partial charge >= 0.3 is 0 Å². The lowest BCUT2D eigenvalue weighted by atomic mass is 9.83. The van der Waals surface area contributed by atoms with Crippen molar-refractivity contribution in [2.24, 2.45) is 5.92 Å². The number of hydrogen-bond acceptors (Lipinski definition) is 4. The summed E-state index contributed by atoms with van der Waals surface area (Å²) in [5.41, 5.74) is 4.69. The number of pyridine rings is 1. The van der Waals surface area contributed by atoms with E-state index in [9.17, 15) is 4.79 Å². The Labute approximate surface area is 176 Å². The first-order valence-corrected chi connectivity index (χ1v) is 11.3. The Morgan fingerprint density at radius 1 is 0.967 bits per heavy atom. The molecule has 0 aliphatic carbocycles. The summed E-state index contributed by atoms with van der Waals surface area (Å²) in [6.45, 7) is 6.88. The summed E-state index contributed by atoms with van der Waals surface area (Å²) in [6.07, 6.45) is 3.72. The zero-order chi connectivity index (χ0) is 20.1.